The average Bonchev–Trinajstić information content (AvgIpc) is 2.89. The number of Topliss-reactive ketones (excluding diaryl/α,β-unsaturated/α-hetero) is 1. The minimum Gasteiger partial charge on any atom is -0.468 e. The number of ether oxygens (including phenoxy) is 1. The number of hydrogen-bond acceptors (Lipinski definition) is 5. The molecule has 0 bridgehead atoms. The first-order valence-electron chi connectivity index (χ1n) is 5.06. The Morgan fingerprint density at radius 2 is 2.35 bits per heavy atom. The maximum Gasteiger partial charge on any atom is 0.322 e. The number of hydrogen-bond donors (Lipinski definition) is 0. The second-order valence-electron chi connectivity index (χ2n) is 3.62. The molecule has 0 spiro atoms. The Morgan fingerprint density at radius 1 is 1.59 bits per heavy atom. The Bertz CT molecular complexity index is 514. The van der Waals surface area contributed by atoms with Gasteiger partial charge in [0.1, 0.15) is 5.70 Å². The van der Waals surface area contributed by atoms with Gasteiger partial charge in [0.25, 0.3) is 0 Å². The summed E-state index contributed by atoms with van der Waals surface area (Å²) < 4.78 is 4.59. The highest BCUT2D eigenvalue weighted by Gasteiger charge is 2.37. The van der Waals surface area contributed by atoms with Crippen LogP contribution in [0, 0.1) is 5.92 Å². The van der Waals surface area contributed by atoms with Crippen LogP contribution in [-0.4, -0.2) is 24.6 Å². The molecule has 1 aromatic rings. The van der Waals surface area contributed by atoms with Crippen LogP contribution in [0.4, 0.5) is 0 Å². The summed E-state index contributed by atoms with van der Waals surface area (Å²) in [6.07, 6.45) is 1.69. The quantitative estimate of drug-likeness (QED) is 0.457. The first-order valence-corrected chi connectivity index (χ1v) is 5.94. The number of allylic oxidation sites excluding steroid dienone is 1. The molecular weight excluding hydrogens is 238 g/mol. The van der Waals surface area contributed by atoms with E-state index in [1.54, 1.807) is 13.0 Å². The van der Waals surface area contributed by atoms with E-state index in [0.717, 1.165) is 4.88 Å². The van der Waals surface area contributed by atoms with Crippen LogP contribution >= 0.6 is 11.3 Å². The number of aliphatic imine (C=N–C) groups is 1. The highest BCUT2D eigenvalue weighted by molar-refractivity contribution is 7.10. The Balaban J connectivity index is 2.30. The van der Waals surface area contributed by atoms with Crippen LogP contribution in [0.5, 0.6) is 0 Å². The molecule has 5 heteroatoms. The molecule has 0 N–H and O–H groups in total. The molecule has 0 amide bonds. The van der Waals surface area contributed by atoms with Crippen LogP contribution in [0.15, 0.2) is 28.2 Å². The minimum absolute atomic E-state index is 0.289. The Kier molecular flexibility index (Phi) is 3.19. The number of methoxy groups -OCH3 is 1. The molecule has 0 saturated carbocycles. The molecule has 0 radical (unpaired) electrons. The molecule has 17 heavy (non-hydrogen) atoms. The van der Waals surface area contributed by atoms with Gasteiger partial charge in [0.05, 0.1) is 7.11 Å². The molecule has 88 valence electrons. The highest BCUT2D eigenvalue weighted by atomic mass is 32.1. The van der Waals surface area contributed by atoms with Gasteiger partial charge in [-0.1, -0.05) is 6.07 Å². The summed E-state index contributed by atoms with van der Waals surface area (Å²) in [7, 11) is 1.27. The van der Waals surface area contributed by atoms with Gasteiger partial charge in [-0.25, -0.2) is 0 Å². The second-order valence-corrected chi connectivity index (χ2v) is 4.60. The molecular formula is C12H11NO3S. The highest BCUT2D eigenvalue weighted by Crippen LogP contribution is 2.24. The van der Waals surface area contributed by atoms with E-state index in [0.29, 0.717) is 11.4 Å². The molecule has 0 aliphatic carbocycles. The molecule has 2 rings (SSSR count). The number of nitrogens with zero attached hydrogens (tertiary/aromatic N) is 1. The van der Waals surface area contributed by atoms with Gasteiger partial charge >= 0.3 is 5.97 Å². The zero-order valence-corrected chi connectivity index (χ0v) is 10.3. The molecule has 1 atom stereocenters. The lowest BCUT2D eigenvalue weighted by molar-refractivity contribution is -0.145. The summed E-state index contributed by atoms with van der Waals surface area (Å²) in [5.41, 5.74) is 0.810. The molecule has 4 nitrogen and oxygen atoms in total. The SMILES string of the molecule is COC(=O)C1C(=O)/C(=C\c2cccs2)N=C1C. The fourth-order valence-corrected chi connectivity index (χ4v) is 2.31. The number of ketones is 1. The van der Waals surface area contributed by atoms with Gasteiger partial charge in [-0.05, 0) is 24.4 Å². The topological polar surface area (TPSA) is 55.7 Å². The predicted octanol–water partition coefficient (Wildman–Crippen LogP) is 1.92. The van der Waals surface area contributed by atoms with E-state index in [9.17, 15) is 9.59 Å². The Labute approximate surface area is 103 Å². The van der Waals surface area contributed by atoms with Crippen LogP contribution in [0.25, 0.3) is 6.08 Å². The number of thiophene rings is 1. The molecule has 1 unspecified atom stereocenters. The summed E-state index contributed by atoms with van der Waals surface area (Å²) in [5.74, 6) is -1.71. The maximum absolute atomic E-state index is 12.0. The smallest absolute Gasteiger partial charge is 0.322 e. The second kappa shape index (κ2) is 4.63. The normalized spacial score (nSPS) is 21.8. The van der Waals surface area contributed by atoms with Crippen LogP contribution in [0.3, 0.4) is 0 Å². The molecule has 2 heterocycles. The van der Waals surface area contributed by atoms with Gasteiger partial charge in [-0.15, -0.1) is 11.3 Å². The van der Waals surface area contributed by atoms with Gasteiger partial charge in [0, 0.05) is 10.6 Å². The van der Waals surface area contributed by atoms with Gasteiger partial charge in [0.2, 0.25) is 5.78 Å². The van der Waals surface area contributed by atoms with Crippen molar-refractivity contribution in [2.45, 2.75) is 6.92 Å². The van der Waals surface area contributed by atoms with Gasteiger partial charge in [0.15, 0.2) is 5.92 Å². The molecule has 0 fully saturated rings. The first kappa shape index (κ1) is 11.7. The predicted molar refractivity (Wildman–Crippen MR) is 65.9 cm³/mol. The third-order valence-electron chi connectivity index (χ3n) is 2.49. The largest absolute Gasteiger partial charge is 0.468 e. The Morgan fingerprint density at radius 3 is 2.94 bits per heavy atom. The lowest BCUT2D eigenvalue weighted by atomic mass is 10.0. The van der Waals surface area contributed by atoms with Crippen LogP contribution in [0.2, 0.25) is 0 Å². The first-order chi connectivity index (χ1) is 8.13. The van der Waals surface area contributed by atoms with Crippen molar-refractivity contribution < 1.29 is 14.3 Å². The zero-order chi connectivity index (χ0) is 12.4. The van der Waals surface area contributed by atoms with Gasteiger partial charge < -0.3 is 4.74 Å². The van der Waals surface area contributed by atoms with E-state index >= 15 is 0 Å². The van der Waals surface area contributed by atoms with Crippen molar-refractivity contribution in [1.82, 2.24) is 0 Å². The van der Waals surface area contributed by atoms with E-state index in [1.165, 1.54) is 18.4 Å². The summed E-state index contributed by atoms with van der Waals surface area (Å²) in [5, 5.41) is 1.92. The van der Waals surface area contributed by atoms with Crippen LogP contribution in [-0.2, 0) is 14.3 Å². The molecule has 1 aliphatic heterocycles. The third-order valence-corrected chi connectivity index (χ3v) is 3.31. The minimum atomic E-state index is -0.869. The molecule has 1 aliphatic rings. The lowest BCUT2D eigenvalue weighted by Crippen LogP contribution is -2.27. The summed E-state index contributed by atoms with van der Waals surface area (Å²) in [6.45, 7) is 1.66. The van der Waals surface area contributed by atoms with Crippen molar-refractivity contribution in [2.75, 3.05) is 7.11 Å². The van der Waals surface area contributed by atoms with Crippen molar-refractivity contribution in [1.29, 1.82) is 0 Å². The standard InChI is InChI=1S/C12H11NO3S/c1-7-10(12(15)16-2)11(14)9(13-7)6-8-4-3-5-17-8/h3-6,10H,1-2H3/b9-6+. The van der Waals surface area contributed by atoms with Gasteiger partial charge in [-0.2, -0.15) is 0 Å². The van der Waals surface area contributed by atoms with E-state index in [1.807, 2.05) is 17.5 Å². The number of carbonyl (C=O) groups excluding carboxylic acids is 2. The van der Waals surface area contributed by atoms with E-state index in [2.05, 4.69) is 9.73 Å². The fraction of sp³-hybridized carbons (Fsp3) is 0.250. The summed E-state index contributed by atoms with van der Waals surface area (Å²) in [6, 6.07) is 3.78. The van der Waals surface area contributed by atoms with Crippen LogP contribution in [0.1, 0.15) is 11.8 Å². The van der Waals surface area contributed by atoms with E-state index in [-0.39, 0.29) is 5.78 Å². The summed E-state index contributed by atoms with van der Waals surface area (Å²) >= 11 is 1.51. The van der Waals surface area contributed by atoms with Crippen molar-refractivity contribution >= 4 is 34.9 Å². The van der Waals surface area contributed by atoms with Crippen LogP contribution < -0.4 is 0 Å². The van der Waals surface area contributed by atoms with E-state index in [4.69, 9.17) is 0 Å². The van der Waals surface area contributed by atoms with Crippen molar-refractivity contribution in [2.24, 2.45) is 10.9 Å². The number of rotatable bonds is 2. The summed E-state index contributed by atoms with van der Waals surface area (Å²) in [4.78, 5) is 28.5. The third kappa shape index (κ3) is 2.19. The van der Waals surface area contributed by atoms with Crippen molar-refractivity contribution in [3.05, 3.63) is 28.1 Å². The number of carbonyl (C=O) groups is 2. The molecule has 0 saturated heterocycles. The van der Waals surface area contributed by atoms with E-state index < -0.39 is 11.9 Å². The van der Waals surface area contributed by atoms with Crippen molar-refractivity contribution in [3.63, 3.8) is 0 Å². The molecule has 1 aromatic heterocycles. The zero-order valence-electron chi connectivity index (χ0n) is 9.47. The van der Waals surface area contributed by atoms with Gasteiger partial charge in [-0.3, -0.25) is 14.6 Å². The molecule has 0 aromatic carbocycles. The fourth-order valence-electron chi connectivity index (χ4n) is 1.65. The average molecular weight is 249 g/mol. The monoisotopic (exact) mass is 249 g/mol. The lowest BCUT2D eigenvalue weighted by Gasteiger charge is -2.04. The number of esters is 1. The van der Waals surface area contributed by atoms with Crippen molar-refractivity contribution in [3.8, 4) is 0 Å². The maximum atomic E-state index is 12.0. The Hall–Kier alpha value is -1.75.